The summed E-state index contributed by atoms with van der Waals surface area (Å²) >= 11 is 6.03. The van der Waals surface area contributed by atoms with Crippen molar-refractivity contribution in [1.82, 2.24) is 4.90 Å². The molecular weight excluding hydrogens is 430 g/mol. The summed E-state index contributed by atoms with van der Waals surface area (Å²) < 4.78 is 10.8. The molecule has 0 radical (unpaired) electrons. The molecule has 2 aromatic carbocycles. The number of ether oxygens (including phenoxy) is 1. The summed E-state index contributed by atoms with van der Waals surface area (Å²) in [7, 11) is 0. The van der Waals surface area contributed by atoms with Gasteiger partial charge < -0.3 is 19.2 Å². The first kappa shape index (κ1) is 21.5. The van der Waals surface area contributed by atoms with Gasteiger partial charge in [0.2, 0.25) is 0 Å². The zero-order valence-electron chi connectivity index (χ0n) is 17.0. The molecule has 1 aromatic heterocycles. The fourth-order valence-corrected chi connectivity index (χ4v) is 3.75. The predicted molar refractivity (Wildman–Crippen MR) is 120 cm³/mol. The number of furan rings is 1. The molecule has 0 saturated carbocycles. The third-order valence-corrected chi connectivity index (χ3v) is 5.38. The number of aliphatic hydroxyl groups is 1. The summed E-state index contributed by atoms with van der Waals surface area (Å²) in [6, 6.07) is 16.1. The molecule has 0 bridgehead atoms. The number of likely N-dealkylation sites (tertiary alicyclic amines) is 1. The Morgan fingerprint density at radius 3 is 2.47 bits per heavy atom. The van der Waals surface area contributed by atoms with E-state index in [2.05, 4.69) is 6.58 Å². The van der Waals surface area contributed by atoms with Gasteiger partial charge in [0, 0.05) is 10.6 Å². The number of hydrogen-bond acceptors (Lipinski definition) is 5. The second-order valence-corrected chi connectivity index (χ2v) is 7.62. The minimum Gasteiger partial charge on any atom is -0.507 e. The lowest BCUT2D eigenvalue weighted by molar-refractivity contribution is -0.140. The van der Waals surface area contributed by atoms with E-state index in [9.17, 15) is 14.7 Å². The third kappa shape index (κ3) is 4.18. The van der Waals surface area contributed by atoms with Crippen molar-refractivity contribution in [2.45, 2.75) is 12.6 Å². The minimum absolute atomic E-state index is 0.00337. The molecule has 1 aliphatic heterocycles. The van der Waals surface area contributed by atoms with Crippen molar-refractivity contribution < 1.29 is 23.8 Å². The Labute approximate surface area is 190 Å². The first-order chi connectivity index (χ1) is 15.5. The molecule has 0 aliphatic carbocycles. The highest BCUT2D eigenvalue weighted by Crippen LogP contribution is 2.40. The van der Waals surface area contributed by atoms with Crippen molar-refractivity contribution in [2.24, 2.45) is 0 Å². The summed E-state index contributed by atoms with van der Waals surface area (Å²) in [5.41, 5.74) is 1.04. The maximum Gasteiger partial charge on any atom is 0.296 e. The smallest absolute Gasteiger partial charge is 0.296 e. The average molecular weight is 450 g/mol. The van der Waals surface area contributed by atoms with Crippen LogP contribution in [-0.2, 0) is 16.1 Å². The number of carbonyl (C=O) groups is 2. The van der Waals surface area contributed by atoms with Crippen molar-refractivity contribution in [1.29, 1.82) is 0 Å². The molecule has 7 heteroatoms. The molecule has 1 aliphatic rings. The van der Waals surface area contributed by atoms with E-state index in [0.717, 1.165) is 0 Å². The molecule has 0 unspecified atom stereocenters. The molecular formula is C25H20ClNO5. The predicted octanol–water partition coefficient (Wildman–Crippen LogP) is 5.12. The Hall–Kier alpha value is -3.77. The van der Waals surface area contributed by atoms with Crippen LogP contribution < -0.4 is 4.74 Å². The van der Waals surface area contributed by atoms with Gasteiger partial charge in [-0.15, -0.1) is 0 Å². The number of halogens is 1. The van der Waals surface area contributed by atoms with Crippen LogP contribution in [0.25, 0.3) is 5.76 Å². The fraction of sp³-hybridized carbons (Fsp3) is 0.120. The van der Waals surface area contributed by atoms with Gasteiger partial charge in [0.15, 0.2) is 0 Å². The summed E-state index contributed by atoms with van der Waals surface area (Å²) in [6.45, 7) is 4.03. The van der Waals surface area contributed by atoms with Gasteiger partial charge >= 0.3 is 0 Å². The van der Waals surface area contributed by atoms with Crippen LogP contribution in [-0.4, -0.2) is 28.3 Å². The number of amides is 1. The zero-order chi connectivity index (χ0) is 22.7. The van der Waals surface area contributed by atoms with Gasteiger partial charge in [-0.05, 0) is 54.1 Å². The van der Waals surface area contributed by atoms with Gasteiger partial charge in [-0.25, -0.2) is 0 Å². The number of ketones is 1. The highest BCUT2D eigenvalue weighted by atomic mass is 35.5. The van der Waals surface area contributed by atoms with Gasteiger partial charge in [0.1, 0.15) is 23.9 Å². The highest BCUT2D eigenvalue weighted by Gasteiger charge is 2.46. The van der Waals surface area contributed by atoms with Crippen molar-refractivity contribution in [3.8, 4) is 5.75 Å². The van der Waals surface area contributed by atoms with Crippen LogP contribution in [0.1, 0.15) is 22.9 Å². The quantitative estimate of drug-likeness (QED) is 0.234. The van der Waals surface area contributed by atoms with Gasteiger partial charge in [-0.2, -0.15) is 0 Å². The summed E-state index contributed by atoms with van der Waals surface area (Å²) in [5, 5.41) is 11.6. The van der Waals surface area contributed by atoms with E-state index in [0.29, 0.717) is 34.3 Å². The molecule has 0 spiro atoms. The normalized spacial score (nSPS) is 17.5. The molecule has 32 heavy (non-hydrogen) atoms. The molecule has 6 nitrogen and oxygen atoms in total. The first-order valence-electron chi connectivity index (χ1n) is 9.90. The van der Waals surface area contributed by atoms with E-state index in [-0.39, 0.29) is 17.9 Å². The van der Waals surface area contributed by atoms with E-state index in [1.54, 1.807) is 66.7 Å². The topological polar surface area (TPSA) is 80.0 Å². The van der Waals surface area contributed by atoms with Gasteiger partial charge in [0.25, 0.3) is 11.7 Å². The van der Waals surface area contributed by atoms with Crippen LogP contribution in [0.2, 0.25) is 5.02 Å². The summed E-state index contributed by atoms with van der Waals surface area (Å²) in [4.78, 5) is 27.3. The molecule has 3 aromatic rings. The van der Waals surface area contributed by atoms with Crippen molar-refractivity contribution in [3.63, 3.8) is 0 Å². The van der Waals surface area contributed by atoms with E-state index < -0.39 is 17.7 Å². The number of Topliss-reactive ketones (excluding diaryl/α,β-unsaturated/α-hetero) is 1. The second-order valence-electron chi connectivity index (χ2n) is 7.18. The lowest BCUT2D eigenvalue weighted by Gasteiger charge is -2.24. The number of rotatable bonds is 7. The Morgan fingerprint density at radius 1 is 1.12 bits per heavy atom. The standard InChI is InChI=1S/C25H20ClNO5/c1-2-13-31-19-11-7-17(8-12-19)23(28)21-22(16-5-9-18(26)10-6-16)27(25(30)24(21)29)15-20-4-3-14-32-20/h2-12,14,22,28H,1,13,15H2/t22-/m1/s1. The van der Waals surface area contributed by atoms with E-state index >= 15 is 0 Å². The molecule has 162 valence electrons. The number of nitrogens with zero attached hydrogens (tertiary/aromatic N) is 1. The molecule has 1 atom stereocenters. The van der Waals surface area contributed by atoms with Crippen molar-refractivity contribution >= 4 is 29.1 Å². The molecule has 1 fully saturated rings. The van der Waals surface area contributed by atoms with Crippen molar-refractivity contribution in [2.75, 3.05) is 6.61 Å². The first-order valence-corrected chi connectivity index (χ1v) is 10.3. The molecule has 2 heterocycles. The van der Waals surface area contributed by atoms with Gasteiger partial charge in [0.05, 0.1) is 24.4 Å². The number of benzene rings is 2. The number of aliphatic hydroxyl groups excluding tert-OH is 1. The van der Waals surface area contributed by atoms with Crippen LogP contribution in [0.5, 0.6) is 5.75 Å². The summed E-state index contributed by atoms with van der Waals surface area (Å²) in [6.07, 6.45) is 3.12. The van der Waals surface area contributed by atoms with Crippen LogP contribution in [0.4, 0.5) is 0 Å². The lowest BCUT2D eigenvalue weighted by atomic mass is 9.95. The number of hydrogen-bond donors (Lipinski definition) is 1. The van der Waals surface area contributed by atoms with E-state index in [4.69, 9.17) is 20.8 Å². The Bertz CT molecular complexity index is 1160. The van der Waals surface area contributed by atoms with Crippen LogP contribution in [0.15, 0.2) is 89.6 Å². The van der Waals surface area contributed by atoms with Crippen LogP contribution in [0, 0.1) is 0 Å². The average Bonchev–Trinajstić information content (AvgIpc) is 3.41. The van der Waals surface area contributed by atoms with Crippen LogP contribution >= 0.6 is 11.6 Å². The second kappa shape index (κ2) is 9.16. The van der Waals surface area contributed by atoms with Crippen LogP contribution in [0.3, 0.4) is 0 Å². The van der Waals surface area contributed by atoms with Gasteiger partial charge in [-0.3, -0.25) is 9.59 Å². The third-order valence-electron chi connectivity index (χ3n) is 5.13. The SMILES string of the molecule is C=CCOc1ccc(C(O)=C2C(=O)C(=O)N(Cc3ccco3)[C@@H]2c2ccc(Cl)cc2)cc1. The van der Waals surface area contributed by atoms with E-state index in [1.807, 2.05) is 0 Å². The zero-order valence-corrected chi connectivity index (χ0v) is 17.8. The maximum atomic E-state index is 13.0. The maximum absolute atomic E-state index is 13.0. The van der Waals surface area contributed by atoms with Gasteiger partial charge in [-0.1, -0.05) is 36.4 Å². The Balaban J connectivity index is 1.78. The largest absolute Gasteiger partial charge is 0.507 e. The lowest BCUT2D eigenvalue weighted by Crippen LogP contribution is -2.29. The monoisotopic (exact) mass is 449 g/mol. The molecule has 1 N–H and O–H groups in total. The minimum atomic E-state index is -0.797. The Kier molecular flexibility index (Phi) is 6.14. The highest BCUT2D eigenvalue weighted by molar-refractivity contribution is 6.46. The number of carbonyl (C=O) groups excluding carboxylic acids is 2. The molecule has 4 rings (SSSR count). The van der Waals surface area contributed by atoms with Crippen molar-refractivity contribution in [3.05, 3.63) is 107 Å². The van der Waals surface area contributed by atoms with E-state index in [1.165, 1.54) is 11.2 Å². The molecule has 1 saturated heterocycles. The molecule has 1 amide bonds. The Morgan fingerprint density at radius 2 is 1.84 bits per heavy atom. The fourth-order valence-electron chi connectivity index (χ4n) is 3.62. The summed E-state index contributed by atoms with van der Waals surface area (Å²) in [5.74, 6) is -0.626.